The molecule has 0 saturated carbocycles. The lowest BCUT2D eigenvalue weighted by Gasteiger charge is -2.18. The number of benzene rings is 2. The number of hydrogen-bond donors (Lipinski definition) is 1. The van der Waals surface area contributed by atoms with Gasteiger partial charge in [-0.15, -0.1) is 0 Å². The summed E-state index contributed by atoms with van der Waals surface area (Å²) in [6, 6.07) is 9.09. The molecule has 7 nitrogen and oxygen atoms in total. The number of hydrazone groups is 1. The maximum Gasteiger partial charge on any atom is 0.244 e. The predicted octanol–water partition coefficient (Wildman–Crippen LogP) is 3.32. The Bertz CT molecular complexity index is 885. The van der Waals surface area contributed by atoms with Crippen LogP contribution in [0.1, 0.15) is 18.1 Å². The highest BCUT2D eigenvalue weighted by Crippen LogP contribution is 2.36. The molecule has 1 aliphatic rings. The van der Waals surface area contributed by atoms with Crippen molar-refractivity contribution in [3.8, 4) is 23.0 Å². The summed E-state index contributed by atoms with van der Waals surface area (Å²) >= 11 is 3.45. The van der Waals surface area contributed by atoms with Crippen LogP contribution in [0.4, 0.5) is 0 Å². The molecule has 28 heavy (non-hydrogen) atoms. The van der Waals surface area contributed by atoms with Gasteiger partial charge in [-0.05, 0) is 58.2 Å². The molecule has 148 valence electrons. The number of fused-ring (bicyclic) bond motifs is 1. The van der Waals surface area contributed by atoms with Gasteiger partial charge in [-0.25, -0.2) is 5.43 Å². The second kappa shape index (κ2) is 9.45. The van der Waals surface area contributed by atoms with E-state index in [4.69, 9.17) is 18.9 Å². The van der Waals surface area contributed by atoms with Gasteiger partial charge in [-0.3, -0.25) is 4.79 Å². The summed E-state index contributed by atoms with van der Waals surface area (Å²) < 4.78 is 22.7. The summed E-state index contributed by atoms with van der Waals surface area (Å²) in [5.74, 6) is 2.34. The molecular weight excluding hydrogens is 428 g/mol. The third-order valence-electron chi connectivity index (χ3n) is 3.91. The highest BCUT2D eigenvalue weighted by molar-refractivity contribution is 9.10. The van der Waals surface area contributed by atoms with Crippen molar-refractivity contribution < 1.29 is 23.7 Å². The van der Waals surface area contributed by atoms with Gasteiger partial charge in [0.2, 0.25) is 5.91 Å². The number of nitrogens with zero attached hydrogens (tertiary/aromatic N) is 1. The Morgan fingerprint density at radius 3 is 2.79 bits per heavy atom. The summed E-state index contributed by atoms with van der Waals surface area (Å²) in [4.78, 5) is 12.2. The van der Waals surface area contributed by atoms with Crippen LogP contribution in [0.3, 0.4) is 0 Å². The molecule has 0 saturated heterocycles. The van der Waals surface area contributed by atoms with E-state index >= 15 is 0 Å². The molecule has 2 aromatic carbocycles. The smallest absolute Gasteiger partial charge is 0.244 e. The third-order valence-corrected chi connectivity index (χ3v) is 4.50. The number of hydrogen-bond acceptors (Lipinski definition) is 6. The minimum Gasteiger partial charge on any atom is -0.492 e. The van der Waals surface area contributed by atoms with Gasteiger partial charge in [0, 0.05) is 0 Å². The number of ether oxygens (including phenoxy) is 4. The maximum atomic E-state index is 12.2. The molecular formula is C20H21BrN2O5. The molecule has 1 aliphatic heterocycles. The molecule has 1 amide bonds. The third kappa shape index (κ3) is 4.95. The number of halogens is 1. The summed E-state index contributed by atoms with van der Waals surface area (Å²) in [7, 11) is 1.58. The van der Waals surface area contributed by atoms with Gasteiger partial charge in [-0.1, -0.05) is 6.07 Å². The topological polar surface area (TPSA) is 78.4 Å². The lowest BCUT2D eigenvalue weighted by Crippen LogP contribution is -2.20. The lowest BCUT2D eigenvalue weighted by atomic mass is 10.1. The molecule has 0 radical (unpaired) electrons. The van der Waals surface area contributed by atoms with Crippen LogP contribution in [0.5, 0.6) is 23.0 Å². The summed E-state index contributed by atoms with van der Waals surface area (Å²) in [5.41, 5.74) is 4.11. The first-order valence-corrected chi connectivity index (χ1v) is 9.60. The van der Waals surface area contributed by atoms with Crippen molar-refractivity contribution in [2.45, 2.75) is 13.3 Å². The fourth-order valence-electron chi connectivity index (χ4n) is 2.72. The minimum absolute atomic E-state index is 0.185. The Labute approximate surface area is 171 Å². The monoisotopic (exact) mass is 448 g/mol. The van der Waals surface area contributed by atoms with E-state index < -0.39 is 0 Å². The summed E-state index contributed by atoms with van der Waals surface area (Å²) in [6.45, 7) is 3.45. The Morgan fingerprint density at radius 1 is 1.25 bits per heavy atom. The van der Waals surface area contributed by atoms with Gasteiger partial charge in [-0.2, -0.15) is 5.10 Å². The Hall–Kier alpha value is -2.74. The van der Waals surface area contributed by atoms with Crippen LogP contribution < -0.4 is 24.4 Å². The minimum atomic E-state index is -0.231. The van der Waals surface area contributed by atoms with E-state index in [2.05, 4.69) is 26.5 Å². The van der Waals surface area contributed by atoms with Crippen LogP contribution in [0, 0.1) is 0 Å². The zero-order valence-corrected chi connectivity index (χ0v) is 17.2. The number of nitrogens with one attached hydrogen (secondary N) is 1. The van der Waals surface area contributed by atoms with E-state index in [0.29, 0.717) is 42.8 Å². The molecule has 2 aromatic rings. The molecule has 8 heteroatoms. The fourth-order valence-corrected chi connectivity index (χ4v) is 3.35. The zero-order chi connectivity index (χ0) is 19.9. The zero-order valence-electron chi connectivity index (χ0n) is 15.7. The second-order valence-corrected chi connectivity index (χ2v) is 6.77. The molecule has 0 spiro atoms. The predicted molar refractivity (Wildman–Crippen MR) is 109 cm³/mol. The quantitative estimate of drug-likeness (QED) is 0.519. The summed E-state index contributed by atoms with van der Waals surface area (Å²) in [5, 5.41) is 4.03. The molecule has 1 N–H and O–H groups in total. The molecule has 0 bridgehead atoms. The normalized spacial score (nSPS) is 12.7. The van der Waals surface area contributed by atoms with Gasteiger partial charge in [0.1, 0.15) is 13.2 Å². The Morgan fingerprint density at radius 2 is 2.04 bits per heavy atom. The molecule has 0 fully saturated rings. The van der Waals surface area contributed by atoms with E-state index in [9.17, 15) is 4.79 Å². The SMILES string of the molecule is CCOc1cc(/C=N/NC(=O)Cc2ccc3c(c2)OCCO3)cc(Br)c1OC. The van der Waals surface area contributed by atoms with Gasteiger partial charge in [0.05, 0.1) is 30.8 Å². The average Bonchev–Trinajstić information content (AvgIpc) is 2.68. The van der Waals surface area contributed by atoms with Crippen molar-refractivity contribution in [1.82, 2.24) is 5.43 Å². The van der Waals surface area contributed by atoms with E-state index in [1.807, 2.05) is 31.2 Å². The van der Waals surface area contributed by atoms with E-state index in [-0.39, 0.29) is 12.3 Å². The van der Waals surface area contributed by atoms with Crippen LogP contribution in [0.25, 0.3) is 0 Å². The van der Waals surface area contributed by atoms with Gasteiger partial charge >= 0.3 is 0 Å². The van der Waals surface area contributed by atoms with Gasteiger partial charge in [0.25, 0.3) is 0 Å². The maximum absolute atomic E-state index is 12.2. The first-order valence-electron chi connectivity index (χ1n) is 8.81. The molecule has 0 aliphatic carbocycles. The van der Waals surface area contributed by atoms with Crippen molar-refractivity contribution in [2.75, 3.05) is 26.9 Å². The first kappa shape index (κ1) is 20.0. The van der Waals surface area contributed by atoms with E-state index in [1.165, 1.54) is 0 Å². The lowest BCUT2D eigenvalue weighted by molar-refractivity contribution is -0.120. The number of methoxy groups -OCH3 is 1. The van der Waals surface area contributed by atoms with Gasteiger partial charge < -0.3 is 18.9 Å². The number of rotatable bonds is 7. The molecule has 0 atom stereocenters. The van der Waals surface area contributed by atoms with Crippen LogP contribution in [-0.4, -0.2) is 39.1 Å². The van der Waals surface area contributed by atoms with Crippen molar-refractivity contribution in [3.63, 3.8) is 0 Å². The standard InChI is InChI=1S/C20H21BrN2O5/c1-3-26-18-10-14(8-15(21)20(18)25-2)12-22-23-19(24)11-13-4-5-16-17(9-13)28-7-6-27-16/h4-5,8-10,12H,3,6-7,11H2,1-2H3,(H,23,24)/b22-12+. The fraction of sp³-hybridized carbons (Fsp3) is 0.300. The van der Waals surface area contributed by atoms with Crippen molar-refractivity contribution in [1.29, 1.82) is 0 Å². The Balaban J connectivity index is 1.62. The number of carbonyl (C=O) groups excluding carboxylic acids is 1. The van der Waals surface area contributed by atoms with Crippen LogP contribution in [0.2, 0.25) is 0 Å². The van der Waals surface area contributed by atoms with Crippen molar-refractivity contribution in [2.24, 2.45) is 5.10 Å². The van der Waals surface area contributed by atoms with Crippen molar-refractivity contribution >= 4 is 28.1 Å². The van der Waals surface area contributed by atoms with E-state index in [0.717, 1.165) is 15.6 Å². The number of amides is 1. The van der Waals surface area contributed by atoms with Crippen LogP contribution >= 0.6 is 15.9 Å². The highest BCUT2D eigenvalue weighted by Gasteiger charge is 2.13. The molecule has 1 heterocycles. The first-order chi connectivity index (χ1) is 13.6. The largest absolute Gasteiger partial charge is 0.492 e. The Kier molecular flexibility index (Phi) is 6.76. The van der Waals surface area contributed by atoms with Gasteiger partial charge in [0.15, 0.2) is 23.0 Å². The van der Waals surface area contributed by atoms with Crippen LogP contribution in [0.15, 0.2) is 39.9 Å². The second-order valence-electron chi connectivity index (χ2n) is 5.92. The molecule has 0 aromatic heterocycles. The highest BCUT2D eigenvalue weighted by atomic mass is 79.9. The van der Waals surface area contributed by atoms with Crippen LogP contribution in [-0.2, 0) is 11.2 Å². The molecule has 3 rings (SSSR count). The van der Waals surface area contributed by atoms with Crippen molar-refractivity contribution in [3.05, 3.63) is 45.9 Å². The summed E-state index contributed by atoms with van der Waals surface area (Å²) in [6.07, 6.45) is 1.74. The average molecular weight is 449 g/mol. The van der Waals surface area contributed by atoms with E-state index in [1.54, 1.807) is 19.4 Å². The number of carbonyl (C=O) groups is 1. The molecule has 0 unspecified atom stereocenters.